The Morgan fingerprint density at radius 2 is 1.47 bits per heavy atom. The highest BCUT2D eigenvalue weighted by Gasteiger charge is 2.11. The lowest BCUT2D eigenvalue weighted by molar-refractivity contribution is 0.190. The summed E-state index contributed by atoms with van der Waals surface area (Å²) >= 11 is 11.5. The lowest BCUT2D eigenvalue weighted by Gasteiger charge is -2.29. The second-order valence-electron chi connectivity index (χ2n) is 4.12. The van der Waals surface area contributed by atoms with Gasteiger partial charge < -0.3 is 4.90 Å². The minimum absolute atomic E-state index is 0.705. The van der Waals surface area contributed by atoms with E-state index in [1.54, 1.807) is 0 Å². The number of hydrogen-bond acceptors (Lipinski definition) is 2. The molecule has 0 radical (unpaired) electrons. The van der Waals surface area contributed by atoms with Crippen LogP contribution in [0.5, 0.6) is 0 Å². The number of likely N-dealkylation sites (tertiary alicyclic amines) is 1. The molecular weight excluding hydrogens is 231 g/mol. The molecule has 0 spiro atoms. The fraction of sp³-hybridized carbons (Fsp3) is 1.00. The van der Waals surface area contributed by atoms with E-state index in [-0.39, 0.29) is 0 Å². The van der Waals surface area contributed by atoms with Crippen molar-refractivity contribution in [1.82, 2.24) is 9.80 Å². The van der Waals surface area contributed by atoms with E-state index in [9.17, 15) is 0 Å². The third kappa shape index (κ3) is 5.96. The molecule has 0 aliphatic carbocycles. The summed E-state index contributed by atoms with van der Waals surface area (Å²) in [6.07, 6.45) is 4.14. The van der Waals surface area contributed by atoms with Crippen molar-refractivity contribution < 1.29 is 0 Å². The minimum atomic E-state index is 0.705. The summed E-state index contributed by atoms with van der Waals surface area (Å²) in [5.41, 5.74) is 0. The summed E-state index contributed by atoms with van der Waals surface area (Å²) in [7, 11) is 0. The van der Waals surface area contributed by atoms with Crippen molar-refractivity contribution in [2.45, 2.75) is 19.3 Å². The highest BCUT2D eigenvalue weighted by atomic mass is 35.5. The molecule has 1 fully saturated rings. The molecule has 4 heteroatoms. The van der Waals surface area contributed by atoms with Gasteiger partial charge in [0.25, 0.3) is 0 Å². The largest absolute Gasteiger partial charge is 0.302 e. The summed E-state index contributed by atoms with van der Waals surface area (Å²) in [6.45, 7) is 6.75. The smallest absolute Gasteiger partial charge is 0.0351 e. The monoisotopic (exact) mass is 252 g/mol. The van der Waals surface area contributed by atoms with E-state index in [2.05, 4.69) is 9.80 Å². The lowest BCUT2D eigenvalue weighted by Crippen LogP contribution is -2.39. The summed E-state index contributed by atoms with van der Waals surface area (Å²) in [5, 5.41) is 0. The van der Waals surface area contributed by atoms with Gasteiger partial charge >= 0.3 is 0 Å². The van der Waals surface area contributed by atoms with Gasteiger partial charge in [0.2, 0.25) is 0 Å². The van der Waals surface area contributed by atoms with Crippen molar-refractivity contribution in [3.63, 3.8) is 0 Å². The number of hydrogen-bond donors (Lipinski definition) is 0. The average molecular weight is 253 g/mol. The topological polar surface area (TPSA) is 6.48 Å². The van der Waals surface area contributed by atoms with Crippen molar-refractivity contribution in [2.75, 3.05) is 51.0 Å². The minimum Gasteiger partial charge on any atom is -0.302 e. The maximum Gasteiger partial charge on any atom is 0.0351 e. The number of nitrogens with zero attached hydrogens (tertiary/aromatic N) is 2. The zero-order chi connectivity index (χ0) is 10.9. The first-order chi connectivity index (χ1) is 7.36. The Bertz CT molecular complexity index is 144. The molecule has 2 nitrogen and oxygen atoms in total. The van der Waals surface area contributed by atoms with Crippen LogP contribution in [0, 0.1) is 0 Å². The van der Waals surface area contributed by atoms with E-state index in [0.29, 0.717) is 11.8 Å². The van der Waals surface area contributed by atoms with E-state index < -0.39 is 0 Å². The maximum atomic E-state index is 5.76. The third-order valence-corrected chi connectivity index (χ3v) is 3.32. The fourth-order valence-corrected chi connectivity index (χ4v) is 2.52. The molecule has 90 valence electrons. The Hall–Kier alpha value is 0.500. The molecule has 0 aromatic carbocycles. The Morgan fingerprint density at radius 3 is 2.00 bits per heavy atom. The maximum absolute atomic E-state index is 5.76. The molecule has 0 aromatic heterocycles. The van der Waals surface area contributed by atoms with Crippen molar-refractivity contribution in [3.8, 4) is 0 Å². The Morgan fingerprint density at radius 1 is 0.867 bits per heavy atom. The second-order valence-corrected chi connectivity index (χ2v) is 4.88. The first-order valence-electron chi connectivity index (χ1n) is 5.93. The second kappa shape index (κ2) is 8.63. The van der Waals surface area contributed by atoms with Gasteiger partial charge in [-0.05, 0) is 25.9 Å². The lowest BCUT2D eigenvalue weighted by atomic mass is 10.1. The third-order valence-electron chi connectivity index (χ3n) is 2.98. The molecular formula is C11H22Cl2N2. The van der Waals surface area contributed by atoms with E-state index in [1.807, 2.05) is 0 Å². The SMILES string of the molecule is ClCCN(CCCl)CCN1CCCCC1. The van der Waals surface area contributed by atoms with Crippen LogP contribution >= 0.6 is 23.2 Å². The molecule has 1 aliphatic heterocycles. The number of alkyl halides is 2. The van der Waals surface area contributed by atoms with Crippen molar-refractivity contribution in [1.29, 1.82) is 0 Å². The predicted molar refractivity (Wildman–Crippen MR) is 68.2 cm³/mol. The molecule has 15 heavy (non-hydrogen) atoms. The van der Waals surface area contributed by atoms with Gasteiger partial charge in [-0.1, -0.05) is 6.42 Å². The summed E-state index contributed by atoms with van der Waals surface area (Å²) in [6, 6.07) is 0. The average Bonchev–Trinajstić information content (AvgIpc) is 2.28. The van der Waals surface area contributed by atoms with E-state index in [0.717, 1.165) is 19.6 Å². The van der Waals surface area contributed by atoms with Gasteiger partial charge in [0.05, 0.1) is 0 Å². The molecule has 1 aliphatic rings. The van der Waals surface area contributed by atoms with E-state index in [4.69, 9.17) is 23.2 Å². The highest BCUT2D eigenvalue weighted by Crippen LogP contribution is 2.08. The molecule has 0 saturated carbocycles. The van der Waals surface area contributed by atoms with Gasteiger partial charge in [-0.2, -0.15) is 0 Å². The zero-order valence-corrected chi connectivity index (χ0v) is 10.9. The zero-order valence-electron chi connectivity index (χ0n) is 9.43. The van der Waals surface area contributed by atoms with Gasteiger partial charge in [0.1, 0.15) is 0 Å². The van der Waals surface area contributed by atoms with Crippen LogP contribution in [-0.2, 0) is 0 Å². The Balaban J connectivity index is 2.13. The standard InChI is InChI=1S/C11H22Cl2N2/c12-4-8-15(9-5-13)11-10-14-6-2-1-3-7-14/h1-11H2. The molecule has 0 amide bonds. The van der Waals surface area contributed by atoms with E-state index in [1.165, 1.54) is 38.9 Å². The first-order valence-corrected chi connectivity index (χ1v) is 7.00. The molecule has 0 aromatic rings. The van der Waals surface area contributed by atoms with Crippen LogP contribution in [0.4, 0.5) is 0 Å². The molecule has 1 heterocycles. The molecule has 0 atom stereocenters. The van der Waals surface area contributed by atoms with Crippen LogP contribution in [0.15, 0.2) is 0 Å². The Kier molecular flexibility index (Phi) is 7.80. The van der Waals surface area contributed by atoms with Gasteiger partial charge in [-0.25, -0.2) is 0 Å². The van der Waals surface area contributed by atoms with Crippen LogP contribution in [0.25, 0.3) is 0 Å². The molecule has 0 N–H and O–H groups in total. The number of piperidine rings is 1. The molecule has 0 bridgehead atoms. The summed E-state index contributed by atoms with van der Waals surface area (Å²) < 4.78 is 0. The molecule has 0 unspecified atom stereocenters. The van der Waals surface area contributed by atoms with Crippen molar-refractivity contribution in [3.05, 3.63) is 0 Å². The van der Waals surface area contributed by atoms with Gasteiger partial charge in [-0.15, -0.1) is 23.2 Å². The van der Waals surface area contributed by atoms with Crippen LogP contribution in [0.2, 0.25) is 0 Å². The summed E-state index contributed by atoms with van der Waals surface area (Å²) in [4.78, 5) is 4.91. The number of rotatable bonds is 7. The fourth-order valence-electron chi connectivity index (χ4n) is 2.04. The molecule has 1 saturated heterocycles. The van der Waals surface area contributed by atoms with E-state index >= 15 is 0 Å². The normalized spacial score (nSPS) is 18.6. The van der Waals surface area contributed by atoms with Crippen molar-refractivity contribution in [2.24, 2.45) is 0 Å². The Labute approximate surface area is 104 Å². The van der Waals surface area contributed by atoms with Crippen LogP contribution in [-0.4, -0.2) is 60.8 Å². The van der Waals surface area contributed by atoms with Crippen molar-refractivity contribution >= 4 is 23.2 Å². The molecule has 1 rings (SSSR count). The van der Waals surface area contributed by atoms with Gasteiger partial charge in [-0.3, -0.25) is 4.90 Å². The number of halogens is 2. The first kappa shape index (κ1) is 13.6. The highest BCUT2D eigenvalue weighted by molar-refractivity contribution is 6.18. The van der Waals surface area contributed by atoms with Crippen LogP contribution in [0.1, 0.15) is 19.3 Å². The van der Waals surface area contributed by atoms with Crippen LogP contribution < -0.4 is 0 Å². The quantitative estimate of drug-likeness (QED) is 0.642. The van der Waals surface area contributed by atoms with Gasteiger partial charge in [0.15, 0.2) is 0 Å². The predicted octanol–water partition coefficient (Wildman–Crippen LogP) is 2.25. The van der Waals surface area contributed by atoms with Gasteiger partial charge in [0, 0.05) is 37.9 Å². The van der Waals surface area contributed by atoms with Crippen LogP contribution in [0.3, 0.4) is 0 Å². The summed E-state index contributed by atoms with van der Waals surface area (Å²) in [5.74, 6) is 1.41.